The van der Waals surface area contributed by atoms with Crippen LogP contribution in [0.15, 0.2) is 24.3 Å². The van der Waals surface area contributed by atoms with Crippen molar-refractivity contribution in [1.82, 2.24) is 8.61 Å². The summed E-state index contributed by atoms with van der Waals surface area (Å²) in [5.41, 5.74) is 0.933. The highest BCUT2D eigenvalue weighted by Crippen LogP contribution is 2.25. The second-order valence-electron chi connectivity index (χ2n) is 5.70. The SMILES string of the molecule is CN(Cc1ccc(Cl)cc1)S(=O)(=O)N(C)C1CCCCC1. The van der Waals surface area contributed by atoms with Crippen LogP contribution in [-0.2, 0) is 16.8 Å². The summed E-state index contributed by atoms with van der Waals surface area (Å²) in [6.07, 6.45) is 5.37. The minimum Gasteiger partial charge on any atom is -0.195 e. The molecule has 0 bridgehead atoms. The average molecular weight is 331 g/mol. The Morgan fingerprint density at radius 3 is 2.24 bits per heavy atom. The Labute approximate surface area is 132 Å². The Kier molecular flexibility index (Phi) is 5.66. The molecule has 118 valence electrons. The lowest BCUT2D eigenvalue weighted by atomic mass is 9.96. The van der Waals surface area contributed by atoms with Crippen LogP contribution in [0.25, 0.3) is 0 Å². The van der Waals surface area contributed by atoms with Crippen molar-refractivity contribution in [1.29, 1.82) is 0 Å². The van der Waals surface area contributed by atoms with Crippen molar-refractivity contribution < 1.29 is 8.42 Å². The molecular weight excluding hydrogens is 308 g/mol. The lowest BCUT2D eigenvalue weighted by molar-refractivity contribution is 0.268. The number of halogens is 1. The van der Waals surface area contributed by atoms with E-state index >= 15 is 0 Å². The molecule has 6 heteroatoms. The molecule has 1 aliphatic carbocycles. The van der Waals surface area contributed by atoms with Gasteiger partial charge in [-0.3, -0.25) is 0 Å². The number of hydrogen-bond donors (Lipinski definition) is 0. The second-order valence-corrected chi connectivity index (χ2v) is 8.23. The van der Waals surface area contributed by atoms with Crippen LogP contribution >= 0.6 is 11.6 Å². The van der Waals surface area contributed by atoms with Gasteiger partial charge in [-0.05, 0) is 30.5 Å². The summed E-state index contributed by atoms with van der Waals surface area (Å²) in [4.78, 5) is 0. The molecule has 0 saturated heterocycles. The molecule has 0 atom stereocenters. The van der Waals surface area contributed by atoms with Gasteiger partial charge in [0.1, 0.15) is 0 Å². The maximum atomic E-state index is 12.6. The fraction of sp³-hybridized carbons (Fsp3) is 0.600. The molecular formula is C15H23ClN2O2S. The van der Waals surface area contributed by atoms with E-state index in [0.29, 0.717) is 11.6 Å². The summed E-state index contributed by atoms with van der Waals surface area (Å²) < 4.78 is 28.2. The van der Waals surface area contributed by atoms with E-state index in [0.717, 1.165) is 31.2 Å². The molecule has 0 spiro atoms. The van der Waals surface area contributed by atoms with E-state index in [2.05, 4.69) is 0 Å². The predicted molar refractivity (Wildman–Crippen MR) is 86.5 cm³/mol. The molecule has 0 heterocycles. The highest BCUT2D eigenvalue weighted by molar-refractivity contribution is 7.86. The fourth-order valence-electron chi connectivity index (χ4n) is 2.78. The van der Waals surface area contributed by atoms with Gasteiger partial charge in [0.15, 0.2) is 0 Å². The Hall–Kier alpha value is -0.620. The van der Waals surface area contributed by atoms with Gasteiger partial charge in [0.2, 0.25) is 0 Å². The van der Waals surface area contributed by atoms with E-state index in [9.17, 15) is 8.42 Å². The largest absolute Gasteiger partial charge is 0.282 e. The van der Waals surface area contributed by atoms with E-state index in [4.69, 9.17) is 11.6 Å². The normalized spacial score (nSPS) is 17.6. The maximum absolute atomic E-state index is 12.6. The van der Waals surface area contributed by atoms with Gasteiger partial charge in [0.05, 0.1) is 0 Å². The first-order chi connectivity index (χ1) is 9.91. The molecule has 0 aromatic heterocycles. The highest BCUT2D eigenvalue weighted by atomic mass is 35.5. The zero-order chi connectivity index (χ0) is 15.5. The first kappa shape index (κ1) is 16.7. The summed E-state index contributed by atoms with van der Waals surface area (Å²) in [6.45, 7) is 0.358. The molecule has 0 amide bonds. The van der Waals surface area contributed by atoms with Crippen molar-refractivity contribution in [2.45, 2.75) is 44.7 Å². The lowest BCUT2D eigenvalue weighted by Crippen LogP contribution is -2.45. The van der Waals surface area contributed by atoms with Crippen LogP contribution in [0.4, 0.5) is 0 Å². The van der Waals surface area contributed by atoms with Crippen LogP contribution < -0.4 is 0 Å². The summed E-state index contributed by atoms with van der Waals surface area (Å²) >= 11 is 5.85. The van der Waals surface area contributed by atoms with Gasteiger partial charge in [0, 0.05) is 31.7 Å². The van der Waals surface area contributed by atoms with Crippen LogP contribution in [0.2, 0.25) is 5.02 Å². The third kappa shape index (κ3) is 4.19. The van der Waals surface area contributed by atoms with Gasteiger partial charge in [-0.15, -0.1) is 0 Å². The van der Waals surface area contributed by atoms with Crippen molar-refractivity contribution in [3.63, 3.8) is 0 Å². The van der Waals surface area contributed by atoms with E-state index in [1.807, 2.05) is 12.1 Å². The molecule has 0 unspecified atom stereocenters. The average Bonchev–Trinajstić information content (AvgIpc) is 2.49. The summed E-state index contributed by atoms with van der Waals surface area (Å²) in [7, 11) is -0.0869. The van der Waals surface area contributed by atoms with Crippen LogP contribution in [0.3, 0.4) is 0 Å². The predicted octanol–water partition coefficient (Wildman–Crippen LogP) is 3.28. The zero-order valence-electron chi connectivity index (χ0n) is 12.6. The molecule has 2 rings (SSSR count). The Morgan fingerprint density at radius 1 is 1.10 bits per heavy atom. The molecule has 4 nitrogen and oxygen atoms in total. The number of hydrogen-bond acceptors (Lipinski definition) is 2. The molecule has 1 aromatic carbocycles. The third-order valence-corrected chi connectivity index (χ3v) is 6.36. The fourth-order valence-corrected chi connectivity index (χ4v) is 4.25. The maximum Gasteiger partial charge on any atom is 0.282 e. The zero-order valence-corrected chi connectivity index (χ0v) is 14.2. The van der Waals surface area contributed by atoms with Crippen LogP contribution in [0.1, 0.15) is 37.7 Å². The summed E-state index contributed by atoms with van der Waals surface area (Å²) in [5.74, 6) is 0. The molecule has 1 fully saturated rings. The molecule has 0 N–H and O–H groups in total. The van der Waals surface area contributed by atoms with Crippen LogP contribution in [0, 0.1) is 0 Å². The summed E-state index contributed by atoms with van der Waals surface area (Å²) in [5, 5.41) is 0.656. The van der Waals surface area contributed by atoms with Crippen molar-refractivity contribution in [2.75, 3.05) is 14.1 Å². The topological polar surface area (TPSA) is 40.6 Å². The van der Waals surface area contributed by atoms with Crippen molar-refractivity contribution in [3.05, 3.63) is 34.9 Å². The smallest absolute Gasteiger partial charge is 0.195 e. The van der Waals surface area contributed by atoms with Crippen LogP contribution in [-0.4, -0.2) is 37.2 Å². The standard InChI is InChI=1S/C15H23ClN2O2S/c1-17(12-13-8-10-14(16)11-9-13)21(19,20)18(2)15-6-4-3-5-7-15/h8-11,15H,3-7,12H2,1-2H3. The molecule has 1 aromatic rings. The van der Waals surface area contributed by atoms with Crippen molar-refractivity contribution in [3.8, 4) is 0 Å². The van der Waals surface area contributed by atoms with Gasteiger partial charge in [0.25, 0.3) is 10.2 Å². The molecule has 1 aliphatic rings. The van der Waals surface area contributed by atoms with Gasteiger partial charge in [-0.25, -0.2) is 0 Å². The number of benzene rings is 1. The quantitative estimate of drug-likeness (QED) is 0.831. The van der Waals surface area contributed by atoms with E-state index in [-0.39, 0.29) is 6.04 Å². The van der Waals surface area contributed by atoms with Gasteiger partial charge in [-0.1, -0.05) is 43.0 Å². The lowest BCUT2D eigenvalue weighted by Gasteiger charge is -2.33. The highest BCUT2D eigenvalue weighted by Gasteiger charge is 2.30. The molecule has 0 radical (unpaired) electrons. The Balaban J connectivity index is 2.05. The van der Waals surface area contributed by atoms with Crippen molar-refractivity contribution >= 4 is 21.8 Å². The summed E-state index contributed by atoms with van der Waals surface area (Å²) in [6, 6.07) is 7.41. The van der Waals surface area contributed by atoms with Crippen LogP contribution in [0.5, 0.6) is 0 Å². The third-order valence-electron chi connectivity index (χ3n) is 4.17. The first-order valence-electron chi connectivity index (χ1n) is 7.35. The molecule has 1 saturated carbocycles. The first-order valence-corrected chi connectivity index (χ1v) is 9.12. The minimum absolute atomic E-state index is 0.136. The van der Waals surface area contributed by atoms with Gasteiger partial charge in [-0.2, -0.15) is 17.0 Å². The van der Waals surface area contributed by atoms with E-state index in [1.165, 1.54) is 10.7 Å². The Bertz CT molecular complexity index is 554. The number of rotatable bonds is 5. The second kappa shape index (κ2) is 7.09. The molecule has 0 aliphatic heterocycles. The number of nitrogens with zero attached hydrogens (tertiary/aromatic N) is 2. The van der Waals surface area contributed by atoms with E-state index in [1.54, 1.807) is 30.5 Å². The minimum atomic E-state index is -3.41. The van der Waals surface area contributed by atoms with Crippen molar-refractivity contribution in [2.24, 2.45) is 0 Å². The molecule has 21 heavy (non-hydrogen) atoms. The van der Waals surface area contributed by atoms with E-state index < -0.39 is 10.2 Å². The Morgan fingerprint density at radius 2 is 1.67 bits per heavy atom. The van der Waals surface area contributed by atoms with Gasteiger partial charge >= 0.3 is 0 Å². The van der Waals surface area contributed by atoms with Gasteiger partial charge < -0.3 is 0 Å². The monoisotopic (exact) mass is 330 g/mol.